The van der Waals surface area contributed by atoms with Gasteiger partial charge >= 0.3 is 0 Å². The van der Waals surface area contributed by atoms with E-state index in [1.165, 1.54) is 16.5 Å². The van der Waals surface area contributed by atoms with Gasteiger partial charge in [0.1, 0.15) is 0 Å². The highest BCUT2D eigenvalue weighted by atomic mass is 79.9. The molecule has 0 radical (unpaired) electrons. The lowest BCUT2D eigenvalue weighted by molar-refractivity contribution is -0.120. The largest absolute Gasteiger partial charge is 0.355 e. The minimum absolute atomic E-state index is 0.0529. The molecule has 0 aliphatic rings. The first-order chi connectivity index (χ1) is 11.1. The van der Waals surface area contributed by atoms with E-state index in [4.69, 9.17) is 0 Å². The van der Waals surface area contributed by atoms with Crippen molar-refractivity contribution in [3.63, 3.8) is 0 Å². The average molecular weight is 371 g/mol. The minimum Gasteiger partial charge on any atom is -0.355 e. The molecule has 1 amide bonds. The molecule has 118 valence electrons. The van der Waals surface area contributed by atoms with Crippen molar-refractivity contribution in [1.82, 2.24) is 9.88 Å². The number of nitrogens with zero attached hydrogens (tertiary/aromatic N) is 1. The summed E-state index contributed by atoms with van der Waals surface area (Å²) in [7, 11) is 2.05. The zero-order valence-corrected chi connectivity index (χ0v) is 14.6. The number of carbonyl (C=O) groups excluding carboxylic acids is 1. The van der Waals surface area contributed by atoms with Gasteiger partial charge in [0.25, 0.3) is 0 Å². The molecule has 0 fully saturated rings. The Balaban J connectivity index is 1.58. The Morgan fingerprint density at radius 2 is 1.83 bits per heavy atom. The van der Waals surface area contributed by atoms with E-state index < -0.39 is 0 Å². The summed E-state index contributed by atoms with van der Waals surface area (Å²) in [5.74, 6) is 0.0529. The lowest BCUT2D eigenvalue weighted by atomic mass is 10.1. The van der Waals surface area contributed by atoms with Crippen LogP contribution in [0.15, 0.2) is 59.2 Å². The molecule has 0 aliphatic carbocycles. The Morgan fingerprint density at radius 3 is 2.65 bits per heavy atom. The Labute approximate surface area is 144 Å². The number of carbonyl (C=O) groups is 1. The van der Waals surface area contributed by atoms with Gasteiger partial charge in [-0.3, -0.25) is 4.79 Å². The summed E-state index contributed by atoms with van der Waals surface area (Å²) in [5.41, 5.74) is 3.50. The van der Waals surface area contributed by atoms with Crippen LogP contribution in [0.4, 0.5) is 0 Å². The maximum absolute atomic E-state index is 12.1. The first-order valence-corrected chi connectivity index (χ1v) is 8.47. The van der Waals surface area contributed by atoms with Crippen molar-refractivity contribution < 1.29 is 4.79 Å². The van der Waals surface area contributed by atoms with Gasteiger partial charge in [-0.2, -0.15) is 0 Å². The van der Waals surface area contributed by atoms with Crippen LogP contribution in [0.25, 0.3) is 10.9 Å². The number of aryl methyl sites for hydroxylation is 1. The Morgan fingerprint density at radius 1 is 1.09 bits per heavy atom. The summed E-state index contributed by atoms with van der Waals surface area (Å²) < 4.78 is 3.11. The summed E-state index contributed by atoms with van der Waals surface area (Å²) in [6, 6.07) is 16.2. The van der Waals surface area contributed by atoms with Crippen LogP contribution < -0.4 is 5.32 Å². The third-order valence-electron chi connectivity index (χ3n) is 4.00. The topological polar surface area (TPSA) is 34.0 Å². The molecule has 0 saturated carbocycles. The molecule has 1 aromatic heterocycles. The monoisotopic (exact) mass is 370 g/mol. The molecular formula is C19H19BrN2O. The normalized spacial score (nSPS) is 10.9. The van der Waals surface area contributed by atoms with Crippen LogP contribution in [0.3, 0.4) is 0 Å². The Hall–Kier alpha value is -2.07. The van der Waals surface area contributed by atoms with E-state index in [0.29, 0.717) is 13.0 Å². The smallest absolute Gasteiger partial charge is 0.224 e. The zero-order chi connectivity index (χ0) is 16.2. The molecule has 0 bridgehead atoms. The molecule has 1 N–H and O–H groups in total. The van der Waals surface area contributed by atoms with Gasteiger partial charge in [0.2, 0.25) is 5.91 Å². The van der Waals surface area contributed by atoms with E-state index in [1.807, 2.05) is 30.3 Å². The Kier molecular flexibility index (Phi) is 4.82. The fraction of sp³-hybridized carbons (Fsp3) is 0.211. The maximum atomic E-state index is 12.1. The summed E-state index contributed by atoms with van der Waals surface area (Å²) in [6.45, 7) is 0.650. The van der Waals surface area contributed by atoms with Crippen molar-refractivity contribution in [3.8, 4) is 0 Å². The van der Waals surface area contributed by atoms with E-state index in [1.54, 1.807) is 0 Å². The van der Waals surface area contributed by atoms with E-state index in [0.717, 1.165) is 16.5 Å². The summed E-state index contributed by atoms with van der Waals surface area (Å²) >= 11 is 3.48. The molecule has 3 aromatic rings. The number of hydrogen-bond acceptors (Lipinski definition) is 1. The van der Waals surface area contributed by atoms with Crippen LogP contribution in [-0.4, -0.2) is 17.0 Å². The van der Waals surface area contributed by atoms with Crippen molar-refractivity contribution in [3.05, 3.63) is 70.3 Å². The Bertz CT molecular complexity index is 838. The maximum Gasteiger partial charge on any atom is 0.224 e. The summed E-state index contributed by atoms with van der Waals surface area (Å²) in [4.78, 5) is 12.1. The van der Waals surface area contributed by atoms with E-state index in [9.17, 15) is 4.79 Å². The van der Waals surface area contributed by atoms with Gasteiger partial charge in [-0.15, -0.1) is 0 Å². The second-order valence-electron chi connectivity index (χ2n) is 5.65. The lowest BCUT2D eigenvalue weighted by Gasteiger charge is -2.06. The van der Waals surface area contributed by atoms with Gasteiger partial charge in [0.05, 0.1) is 6.42 Å². The summed E-state index contributed by atoms with van der Waals surface area (Å²) in [5, 5.41) is 4.27. The first kappa shape index (κ1) is 15.8. The number of nitrogens with one attached hydrogen (secondary N) is 1. The molecule has 0 atom stereocenters. The van der Waals surface area contributed by atoms with E-state index >= 15 is 0 Å². The SMILES string of the molecule is Cn1cc(CCNC(=O)Cc2ccccc2Br)c2ccccc21. The summed E-state index contributed by atoms with van der Waals surface area (Å²) in [6.07, 6.45) is 3.38. The molecule has 1 heterocycles. The van der Waals surface area contributed by atoms with Crippen LogP contribution in [0, 0.1) is 0 Å². The van der Waals surface area contributed by atoms with Crippen molar-refractivity contribution in [2.45, 2.75) is 12.8 Å². The molecule has 4 heteroatoms. The third kappa shape index (κ3) is 3.64. The number of halogens is 1. The van der Waals surface area contributed by atoms with Crippen molar-refractivity contribution in [2.75, 3.05) is 6.54 Å². The van der Waals surface area contributed by atoms with Gasteiger partial charge in [-0.25, -0.2) is 0 Å². The highest BCUT2D eigenvalue weighted by Gasteiger charge is 2.08. The molecule has 3 rings (SSSR count). The second kappa shape index (κ2) is 7.01. The zero-order valence-electron chi connectivity index (χ0n) is 13.1. The highest BCUT2D eigenvalue weighted by molar-refractivity contribution is 9.10. The van der Waals surface area contributed by atoms with Crippen LogP contribution >= 0.6 is 15.9 Å². The number of fused-ring (bicyclic) bond motifs is 1. The lowest BCUT2D eigenvalue weighted by Crippen LogP contribution is -2.27. The second-order valence-corrected chi connectivity index (χ2v) is 6.50. The molecule has 0 aliphatic heterocycles. The molecule has 0 unspecified atom stereocenters. The van der Waals surface area contributed by atoms with Gasteiger partial charge in [0.15, 0.2) is 0 Å². The van der Waals surface area contributed by atoms with Gasteiger partial charge < -0.3 is 9.88 Å². The number of aromatic nitrogens is 1. The number of hydrogen-bond donors (Lipinski definition) is 1. The van der Waals surface area contributed by atoms with Gasteiger partial charge in [-0.1, -0.05) is 52.3 Å². The molecule has 0 spiro atoms. The molecule has 0 saturated heterocycles. The molecule has 2 aromatic carbocycles. The fourth-order valence-corrected chi connectivity index (χ4v) is 3.26. The fourth-order valence-electron chi connectivity index (χ4n) is 2.84. The van der Waals surface area contributed by atoms with Crippen LogP contribution in [0.5, 0.6) is 0 Å². The first-order valence-electron chi connectivity index (χ1n) is 7.68. The van der Waals surface area contributed by atoms with E-state index in [2.05, 4.69) is 57.3 Å². The number of benzene rings is 2. The van der Waals surface area contributed by atoms with Crippen molar-refractivity contribution in [2.24, 2.45) is 7.05 Å². The van der Waals surface area contributed by atoms with Gasteiger partial charge in [0, 0.05) is 35.2 Å². The molecule has 23 heavy (non-hydrogen) atoms. The van der Waals surface area contributed by atoms with E-state index in [-0.39, 0.29) is 5.91 Å². The quantitative estimate of drug-likeness (QED) is 0.727. The number of para-hydroxylation sites is 1. The minimum atomic E-state index is 0.0529. The van der Waals surface area contributed by atoms with Crippen LogP contribution in [0.2, 0.25) is 0 Å². The average Bonchev–Trinajstić information content (AvgIpc) is 2.87. The van der Waals surface area contributed by atoms with Crippen LogP contribution in [0.1, 0.15) is 11.1 Å². The van der Waals surface area contributed by atoms with Crippen molar-refractivity contribution in [1.29, 1.82) is 0 Å². The number of amides is 1. The molecule has 3 nitrogen and oxygen atoms in total. The number of rotatable bonds is 5. The predicted molar refractivity (Wildman–Crippen MR) is 97.5 cm³/mol. The van der Waals surface area contributed by atoms with Crippen molar-refractivity contribution >= 4 is 32.7 Å². The van der Waals surface area contributed by atoms with Crippen LogP contribution in [-0.2, 0) is 24.7 Å². The third-order valence-corrected chi connectivity index (χ3v) is 4.78. The highest BCUT2D eigenvalue weighted by Crippen LogP contribution is 2.20. The predicted octanol–water partition coefficient (Wildman–Crippen LogP) is 3.84. The van der Waals surface area contributed by atoms with Gasteiger partial charge in [-0.05, 0) is 29.7 Å². The molecular weight excluding hydrogens is 352 g/mol. The standard InChI is InChI=1S/C19H19BrN2O/c1-22-13-15(16-7-3-5-9-18(16)22)10-11-21-19(23)12-14-6-2-4-8-17(14)20/h2-9,13H,10-12H2,1H3,(H,21,23).